The van der Waals surface area contributed by atoms with Gasteiger partial charge in [0.25, 0.3) is 0 Å². The molecule has 6 heavy (non-hydrogen) atoms. The highest BCUT2D eigenvalue weighted by molar-refractivity contribution is 6.71. The van der Waals surface area contributed by atoms with Gasteiger partial charge in [-0.1, -0.05) is 12.6 Å². The fourth-order valence-corrected chi connectivity index (χ4v) is 0.250. The summed E-state index contributed by atoms with van der Waals surface area (Å²) in [5.74, 6) is 0. The summed E-state index contributed by atoms with van der Waals surface area (Å²) in [6.45, 7) is 4.10. The van der Waals surface area contributed by atoms with E-state index >= 15 is 0 Å². The van der Waals surface area contributed by atoms with Crippen molar-refractivity contribution in [3.8, 4) is 12.0 Å². The maximum absolute atomic E-state index is 5.05. The number of hydrogen-bond acceptors (Lipinski definition) is 0. The molecule has 0 fully saturated rings. The number of rotatable bonds is 0. The van der Waals surface area contributed by atoms with Crippen LogP contribution in [0.3, 0.4) is 0 Å². The van der Waals surface area contributed by atoms with E-state index in [0.717, 1.165) is 0 Å². The smallest absolute Gasteiger partial charge is 0.0953 e. The summed E-state index contributed by atoms with van der Waals surface area (Å²) in [5, 5.41) is 0. The summed E-state index contributed by atoms with van der Waals surface area (Å²) in [4.78, 5) is 0. The maximum atomic E-state index is 5.05. The van der Waals surface area contributed by atoms with Crippen molar-refractivity contribution >= 4 is 14.1 Å². The van der Waals surface area contributed by atoms with E-state index < -0.39 is 8.41 Å². The summed E-state index contributed by atoms with van der Waals surface area (Å²) in [7, 11) is -0.466. The summed E-state index contributed by atoms with van der Waals surface area (Å²) < 4.78 is 0. The van der Waals surface area contributed by atoms with E-state index in [9.17, 15) is 0 Å². The molecule has 0 aliphatic carbocycles. The van der Waals surface area contributed by atoms with Gasteiger partial charge in [-0.3, -0.25) is 0 Å². The second-order valence-corrected chi connectivity index (χ2v) is 3.35. The Bertz CT molecular complexity index is 95.0. The summed E-state index contributed by atoms with van der Waals surface area (Å²) in [6.07, 6.45) is 5.05. The monoisotopic (exact) mass is 96.0 g/mol. The zero-order valence-corrected chi connectivity index (χ0v) is 5.15. The van der Waals surface area contributed by atoms with Crippen molar-refractivity contribution in [3.63, 3.8) is 0 Å². The second-order valence-electron chi connectivity index (χ2n) is 1.12. The lowest BCUT2D eigenvalue weighted by Gasteiger charge is -1.71. The van der Waals surface area contributed by atoms with Crippen molar-refractivity contribution in [1.29, 1.82) is 0 Å². The first-order valence-corrected chi connectivity index (χ1v) is 3.98. The van der Waals surface area contributed by atoms with Crippen molar-refractivity contribution in [3.05, 3.63) is 0 Å². The van der Waals surface area contributed by atoms with Crippen LogP contribution in [0.2, 0.25) is 6.55 Å². The van der Waals surface area contributed by atoms with Crippen LogP contribution in [0.1, 0.15) is 6.92 Å². The van der Waals surface area contributed by atoms with Crippen LogP contribution in [0.4, 0.5) is 0 Å². The van der Waals surface area contributed by atoms with Gasteiger partial charge in [0, 0.05) is 0 Å². The van der Waals surface area contributed by atoms with Crippen LogP contribution in [-0.2, 0) is 0 Å². The predicted molar refractivity (Wildman–Crippen MR) is 32.2 cm³/mol. The van der Waals surface area contributed by atoms with Gasteiger partial charge < -0.3 is 0 Å². The van der Waals surface area contributed by atoms with Crippen LogP contribution in [0.25, 0.3) is 0 Å². The molecule has 0 saturated heterocycles. The number of hydrogen-bond donors (Lipinski definition) is 0. The van der Waals surface area contributed by atoms with Crippen molar-refractivity contribution < 1.29 is 0 Å². The molecule has 0 radical (unpaired) electrons. The van der Waals surface area contributed by atoms with Gasteiger partial charge in [-0.15, -0.1) is 12.0 Å². The Morgan fingerprint density at radius 1 is 1.83 bits per heavy atom. The van der Waals surface area contributed by atoms with E-state index in [1.165, 1.54) is 0 Å². The van der Waals surface area contributed by atoms with E-state index in [0.29, 0.717) is 0 Å². The van der Waals surface area contributed by atoms with Gasteiger partial charge >= 0.3 is 0 Å². The topological polar surface area (TPSA) is 0 Å². The molecule has 0 unspecified atom stereocenters. The molecule has 0 saturated carbocycles. The van der Waals surface area contributed by atoms with Crippen molar-refractivity contribution in [2.24, 2.45) is 0 Å². The zero-order valence-electron chi connectivity index (χ0n) is 4.15. The third-order valence-corrected chi connectivity index (χ3v) is 1.98. The first-order chi connectivity index (χ1) is 2.81. The molecule has 0 heterocycles. The highest BCUT2D eigenvalue weighted by Gasteiger charge is 1.70. The molecule has 0 aromatic heterocycles. The van der Waals surface area contributed by atoms with Crippen LogP contribution in [0, 0.1) is 12.0 Å². The lowest BCUT2D eigenvalue weighted by Crippen LogP contribution is -1.89. The summed E-state index contributed by atoms with van der Waals surface area (Å²) in [5.41, 5.74) is 4.75. The highest BCUT2D eigenvalue weighted by atomic mass is 28.2. The molecule has 0 rings (SSSR count). The van der Waals surface area contributed by atoms with Crippen LogP contribution < -0.4 is 0 Å². The Morgan fingerprint density at radius 2 is 2.33 bits per heavy atom. The minimum Gasteiger partial charge on any atom is -0.123 e. The van der Waals surface area contributed by atoms with Crippen molar-refractivity contribution in [1.82, 2.24) is 0 Å². The normalized spacial score (nSPS) is 10.5. The van der Waals surface area contributed by atoms with Crippen LogP contribution >= 0.6 is 0 Å². The van der Waals surface area contributed by atoms with Gasteiger partial charge in [0.2, 0.25) is 0 Å². The lowest BCUT2D eigenvalue weighted by molar-refractivity contribution is 2.11. The third kappa shape index (κ3) is 1.92. The van der Waals surface area contributed by atoms with E-state index in [4.69, 9.17) is 6.42 Å². The van der Waals surface area contributed by atoms with E-state index in [-0.39, 0.29) is 0 Å². The van der Waals surface area contributed by atoms with Gasteiger partial charge in [-0.05, 0) is 6.55 Å². The minimum absolute atomic E-state index is 0.466. The van der Waals surface area contributed by atoms with Gasteiger partial charge in [-0.2, -0.15) is 0 Å². The lowest BCUT2D eigenvalue weighted by atomic mass is 11.0. The van der Waals surface area contributed by atoms with Gasteiger partial charge in [0.15, 0.2) is 0 Å². The highest BCUT2D eigenvalue weighted by Crippen LogP contribution is 1.56. The Balaban J connectivity index is 3.61. The molecular weight excluding hydrogens is 88.1 g/mol. The average Bonchev–Trinajstić information content (AvgIpc) is 1.65. The average molecular weight is 96.2 g/mol. The van der Waals surface area contributed by atoms with Gasteiger partial charge in [0.05, 0.1) is 8.41 Å². The summed E-state index contributed by atoms with van der Waals surface area (Å²) >= 11 is 0. The first kappa shape index (κ1) is 5.65. The molecule has 0 bridgehead atoms. The number of terminal acetylenes is 1. The molecule has 0 aliphatic rings. The SMILES string of the molecule is C#C/[Si](C)=C/C. The van der Waals surface area contributed by atoms with Crippen molar-refractivity contribution in [2.75, 3.05) is 0 Å². The van der Waals surface area contributed by atoms with Gasteiger partial charge in [0.1, 0.15) is 0 Å². The molecule has 0 spiro atoms. The molecule has 0 amide bonds. The molecule has 0 aromatic carbocycles. The Kier molecular flexibility index (Phi) is 2.69. The Labute approximate surface area is 40.4 Å². The van der Waals surface area contributed by atoms with E-state index in [1.807, 2.05) is 6.92 Å². The fraction of sp³-hybridized carbons (Fsp3) is 0.400. The maximum Gasteiger partial charge on any atom is 0.0953 e. The zero-order chi connectivity index (χ0) is 4.99. The van der Waals surface area contributed by atoms with Crippen LogP contribution in [0.5, 0.6) is 0 Å². The molecule has 0 atom stereocenters. The summed E-state index contributed by atoms with van der Waals surface area (Å²) in [6, 6.07) is 0. The van der Waals surface area contributed by atoms with Crippen molar-refractivity contribution in [2.45, 2.75) is 13.5 Å². The Morgan fingerprint density at radius 3 is 2.33 bits per heavy atom. The molecule has 1 heteroatoms. The van der Waals surface area contributed by atoms with Crippen LogP contribution in [0.15, 0.2) is 0 Å². The molecular formula is C5H8Si. The molecule has 0 nitrogen and oxygen atoms in total. The van der Waals surface area contributed by atoms with Gasteiger partial charge in [-0.25, -0.2) is 0 Å². The standard InChI is InChI=1S/C5H8Si/c1-4-6(3)5-2/h1,5H,2-3H3/b6-5+. The third-order valence-electron chi connectivity index (χ3n) is 0.661. The second kappa shape index (κ2) is 2.86. The molecule has 0 aliphatic heterocycles. The quantitative estimate of drug-likeness (QED) is 0.307. The fourth-order valence-electron chi connectivity index (χ4n) is 0.0833. The molecule has 0 N–H and O–H groups in total. The largest absolute Gasteiger partial charge is 0.123 e. The first-order valence-electron chi connectivity index (χ1n) is 1.90. The predicted octanol–water partition coefficient (Wildman–Crippen LogP) is 0.687. The van der Waals surface area contributed by atoms with E-state index in [1.54, 1.807) is 0 Å². The Hall–Kier alpha value is -0.353. The molecule has 32 valence electrons. The van der Waals surface area contributed by atoms with E-state index in [2.05, 4.69) is 17.8 Å². The molecule has 0 aromatic rings. The van der Waals surface area contributed by atoms with Crippen LogP contribution in [-0.4, -0.2) is 14.1 Å². The minimum atomic E-state index is -0.466.